The van der Waals surface area contributed by atoms with Crippen LogP contribution in [0.1, 0.15) is 24.8 Å². The molecule has 1 aromatic carbocycles. The standard InChI is InChI=1S/C16H25N3O2/c1-18-16(20)7-10-21-15-5-8-19(9-6-15)12-13-3-2-4-14(17)11-13/h2-4,11,15H,5-10,12,17H2,1H3,(H,18,20). The zero-order valence-corrected chi connectivity index (χ0v) is 12.7. The second-order valence-corrected chi connectivity index (χ2v) is 5.51. The molecular weight excluding hydrogens is 266 g/mol. The molecule has 1 saturated heterocycles. The van der Waals surface area contributed by atoms with E-state index in [1.807, 2.05) is 18.2 Å². The summed E-state index contributed by atoms with van der Waals surface area (Å²) in [6, 6.07) is 8.06. The SMILES string of the molecule is CNC(=O)CCOC1CCN(Cc2cccc(N)c2)CC1. The molecule has 0 aromatic heterocycles. The van der Waals surface area contributed by atoms with Crippen molar-refractivity contribution >= 4 is 11.6 Å². The molecule has 1 aliphatic rings. The van der Waals surface area contributed by atoms with Gasteiger partial charge in [0.15, 0.2) is 0 Å². The third-order valence-corrected chi connectivity index (χ3v) is 3.85. The van der Waals surface area contributed by atoms with E-state index >= 15 is 0 Å². The number of nitrogens with one attached hydrogen (secondary N) is 1. The summed E-state index contributed by atoms with van der Waals surface area (Å²) in [4.78, 5) is 13.6. The summed E-state index contributed by atoms with van der Waals surface area (Å²) >= 11 is 0. The van der Waals surface area contributed by atoms with Gasteiger partial charge in [-0.05, 0) is 30.5 Å². The van der Waals surface area contributed by atoms with Gasteiger partial charge in [-0.3, -0.25) is 9.69 Å². The fourth-order valence-electron chi connectivity index (χ4n) is 2.63. The van der Waals surface area contributed by atoms with E-state index in [2.05, 4.69) is 16.3 Å². The molecule has 1 aromatic rings. The Kier molecular flexibility index (Phi) is 6.02. The summed E-state index contributed by atoms with van der Waals surface area (Å²) in [7, 11) is 1.65. The molecule has 3 N–H and O–H groups in total. The van der Waals surface area contributed by atoms with E-state index in [0.717, 1.165) is 38.2 Å². The van der Waals surface area contributed by atoms with E-state index in [9.17, 15) is 4.79 Å². The lowest BCUT2D eigenvalue weighted by Gasteiger charge is -2.31. The number of carbonyl (C=O) groups excluding carboxylic acids is 1. The van der Waals surface area contributed by atoms with Crippen molar-refractivity contribution < 1.29 is 9.53 Å². The maximum atomic E-state index is 11.1. The Morgan fingerprint density at radius 1 is 1.43 bits per heavy atom. The first-order valence-electron chi connectivity index (χ1n) is 7.56. The number of nitrogen functional groups attached to an aromatic ring is 1. The average molecular weight is 291 g/mol. The number of carbonyl (C=O) groups is 1. The number of rotatable bonds is 6. The average Bonchev–Trinajstić information content (AvgIpc) is 2.49. The van der Waals surface area contributed by atoms with Crippen LogP contribution in [0.2, 0.25) is 0 Å². The second kappa shape index (κ2) is 8.00. The molecule has 0 radical (unpaired) electrons. The fraction of sp³-hybridized carbons (Fsp3) is 0.562. The number of hydrogen-bond donors (Lipinski definition) is 2. The number of piperidine rings is 1. The summed E-state index contributed by atoms with van der Waals surface area (Å²) < 4.78 is 5.77. The largest absolute Gasteiger partial charge is 0.399 e. The van der Waals surface area contributed by atoms with Crippen LogP contribution in [0.4, 0.5) is 5.69 Å². The first-order chi connectivity index (χ1) is 10.2. The quantitative estimate of drug-likeness (QED) is 0.777. The van der Waals surface area contributed by atoms with Crippen LogP contribution in [0.3, 0.4) is 0 Å². The Morgan fingerprint density at radius 2 is 2.19 bits per heavy atom. The van der Waals surface area contributed by atoms with Crippen molar-refractivity contribution in [3.05, 3.63) is 29.8 Å². The molecule has 21 heavy (non-hydrogen) atoms. The van der Waals surface area contributed by atoms with Crippen molar-refractivity contribution in [2.24, 2.45) is 0 Å². The lowest BCUT2D eigenvalue weighted by Crippen LogP contribution is -2.37. The number of hydrogen-bond acceptors (Lipinski definition) is 4. The molecule has 0 atom stereocenters. The molecule has 5 nitrogen and oxygen atoms in total. The molecule has 0 aliphatic carbocycles. The van der Waals surface area contributed by atoms with Crippen molar-refractivity contribution in [1.29, 1.82) is 0 Å². The number of nitrogens with zero attached hydrogens (tertiary/aromatic N) is 1. The normalized spacial score (nSPS) is 16.8. The summed E-state index contributed by atoms with van der Waals surface area (Å²) in [5, 5.41) is 2.60. The lowest BCUT2D eigenvalue weighted by molar-refractivity contribution is -0.122. The van der Waals surface area contributed by atoms with Gasteiger partial charge in [0.1, 0.15) is 0 Å². The molecule has 1 fully saturated rings. The van der Waals surface area contributed by atoms with Crippen LogP contribution in [0.15, 0.2) is 24.3 Å². The van der Waals surface area contributed by atoms with E-state index in [1.165, 1.54) is 5.56 Å². The van der Waals surface area contributed by atoms with Gasteiger partial charge in [-0.25, -0.2) is 0 Å². The van der Waals surface area contributed by atoms with E-state index in [1.54, 1.807) is 7.05 Å². The summed E-state index contributed by atoms with van der Waals surface area (Å²) in [6.07, 6.45) is 2.78. The van der Waals surface area contributed by atoms with E-state index in [4.69, 9.17) is 10.5 Å². The van der Waals surface area contributed by atoms with Gasteiger partial charge in [-0.2, -0.15) is 0 Å². The topological polar surface area (TPSA) is 67.6 Å². The Labute approximate surface area is 126 Å². The van der Waals surface area contributed by atoms with E-state index in [-0.39, 0.29) is 12.0 Å². The van der Waals surface area contributed by atoms with E-state index < -0.39 is 0 Å². The van der Waals surface area contributed by atoms with Crippen LogP contribution in [0.25, 0.3) is 0 Å². The number of amides is 1. The Hall–Kier alpha value is -1.59. The third kappa shape index (κ3) is 5.36. The Balaban J connectivity index is 1.67. The highest BCUT2D eigenvalue weighted by atomic mass is 16.5. The maximum absolute atomic E-state index is 11.1. The first kappa shape index (κ1) is 15.8. The summed E-state index contributed by atoms with van der Waals surface area (Å²) in [5.41, 5.74) is 7.88. The molecule has 0 bridgehead atoms. The highest BCUT2D eigenvalue weighted by molar-refractivity contribution is 5.75. The molecule has 1 amide bonds. The Morgan fingerprint density at radius 3 is 2.86 bits per heavy atom. The molecule has 0 saturated carbocycles. The van der Waals surface area contributed by atoms with Gasteiger partial charge in [-0.1, -0.05) is 12.1 Å². The van der Waals surface area contributed by atoms with Gasteiger partial charge >= 0.3 is 0 Å². The zero-order chi connectivity index (χ0) is 15.1. The van der Waals surface area contributed by atoms with Crippen LogP contribution in [-0.4, -0.2) is 43.7 Å². The summed E-state index contributed by atoms with van der Waals surface area (Å²) in [5.74, 6) is 0.0362. The number of ether oxygens (including phenoxy) is 1. The molecule has 5 heteroatoms. The van der Waals surface area contributed by atoms with Crippen LogP contribution in [-0.2, 0) is 16.1 Å². The molecule has 2 rings (SSSR count). The fourth-order valence-corrected chi connectivity index (χ4v) is 2.63. The van der Waals surface area contributed by atoms with Crippen molar-refractivity contribution in [2.45, 2.75) is 31.9 Å². The lowest BCUT2D eigenvalue weighted by atomic mass is 10.1. The smallest absolute Gasteiger partial charge is 0.222 e. The number of benzene rings is 1. The third-order valence-electron chi connectivity index (χ3n) is 3.85. The van der Waals surface area contributed by atoms with Gasteiger partial charge in [0.2, 0.25) is 5.91 Å². The predicted molar refractivity (Wildman–Crippen MR) is 83.8 cm³/mol. The monoisotopic (exact) mass is 291 g/mol. The molecule has 116 valence electrons. The maximum Gasteiger partial charge on any atom is 0.222 e. The van der Waals surface area contributed by atoms with Crippen molar-refractivity contribution in [3.8, 4) is 0 Å². The zero-order valence-electron chi connectivity index (χ0n) is 12.7. The summed E-state index contributed by atoms with van der Waals surface area (Å²) in [6.45, 7) is 3.51. The minimum Gasteiger partial charge on any atom is -0.399 e. The van der Waals surface area contributed by atoms with Gasteiger partial charge in [0.25, 0.3) is 0 Å². The molecule has 1 aliphatic heterocycles. The molecule has 1 heterocycles. The van der Waals surface area contributed by atoms with Crippen molar-refractivity contribution in [2.75, 3.05) is 32.5 Å². The molecule has 0 spiro atoms. The number of likely N-dealkylation sites (tertiary alicyclic amines) is 1. The molecular formula is C16H25N3O2. The minimum atomic E-state index is 0.0362. The van der Waals surface area contributed by atoms with Gasteiger partial charge in [-0.15, -0.1) is 0 Å². The second-order valence-electron chi connectivity index (χ2n) is 5.51. The number of nitrogens with two attached hydrogens (primary N) is 1. The van der Waals surface area contributed by atoms with E-state index in [0.29, 0.717) is 13.0 Å². The highest BCUT2D eigenvalue weighted by Gasteiger charge is 2.19. The van der Waals surface area contributed by atoms with Gasteiger partial charge in [0, 0.05) is 38.8 Å². The molecule has 0 unspecified atom stereocenters. The predicted octanol–water partition coefficient (Wildman–Crippen LogP) is 1.39. The van der Waals surface area contributed by atoms with Gasteiger partial charge in [0.05, 0.1) is 12.7 Å². The van der Waals surface area contributed by atoms with Gasteiger partial charge < -0.3 is 15.8 Å². The first-order valence-corrected chi connectivity index (χ1v) is 7.56. The van der Waals surface area contributed by atoms with Crippen LogP contribution in [0.5, 0.6) is 0 Å². The van der Waals surface area contributed by atoms with Crippen LogP contribution in [0, 0.1) is 0 Å². The van der Waals surface area contributed by atoms with Crippen molar-refractivity contribution in [1.82, 2.24) is 10.2 Å². The highest BCUT2D eigenvalue weighted by Crippen LogP contribution is 2.17. The minimum absolute atomic E-state index is 0.0362. The Bertz CT molecular complexity index is 457. The van der Waals surface area contributed by atoms with Crippen LogP contribution >= 0.6 is 0 Å². The van der Waals surface area contributed by atoms with Crippen molar-refractivity contribution in [3.63, 3.8) is 0 Å². The van der Waals surface area contributed by atoms with Crippen LogP contribution < -0.4 is 11.1 Å². The number of anilines is 1.